The highest BCUT2D eigenvalue weighted by atomic mass is 15.1. The van der Waals surface area contributed by atoms with Crippen molar-refractivity contribution in [2.45, 2.75) is 76.2 Å². The number of aryl methyl sites for hydroxylation is 2. The molecule has 1 aliphatic carbocycles. The SMILES string of the molecule is CCCCC1(N(C)C)CCC(c2[nH]c3ccccc3c2CCc2ccncc2)CC1. The molecule has 3 nitrogen and oxygen atoms in total. The first kappa shape index (κ1) is 21.1. The highest BCUT2D eigenvalue weighted by Crippen LogP contribution is 2.44. The number of H-pyrrole nitrogens is 1. The molecule has 4 rings (SSSR count). The van der Waals surface area contributed by atoms with Crippen molar-refractivity contribution in [3.8, 4) is 0 Å². The van der Waals surface area contributed by atoms with Gasteiger partial charge in [-0.2, -0.15) is 0 Å². The van der Waals surface area contributed by atoms with E-state index in [4.69, 9.17) is 0 Å². The largest absolute Gasteiger partial charge is 0.358 e. The Balaban J connectivity index is 1.57. The van der Waals surface area contributed by atoms with Gasteiger partial charge in [0.15, 0.2) is 0 Å². The van der Waals surface area contributed by atoms with E-state index < -0.39 is 0 Å². The molecule has 160 valence electrons. The van der Waals surface area contributed by atoms with E-state index in [0.717, 1.165) is 12.8 Å². The Labute approximate surface area is 181 Å². The quantitative estimate of drug-likeness (QED) is 0.466. The minimum atomic E-state index is 0.399. The van der Waals surface area contributed by atoms with E-state index in [1.165, 1.54) is 67.1 Å². The van der Waals surface area contributed by atoms with Crippen LogP contribution in [0, 0.1) is 0 Å². The van der Waals surface area contributed by atoms with Crippen LogP contribution in [-0.2, 0) is 12.8 Å². The Morgan fingerprint density at radius 3 is 2.47 bits per heavy atom. The third-order valence-electron chi connectivity index (χ3n) is 7.53. The van der Waals surface area contributed by atoms with Crippen LogP contribution in [0.4, 0.5) is 0 Å². The molecule has 2 heterocycles. The molecule has 1 aromatic carbocycles. The van der Waals surface area contributed by atoms with Crippen LogP contribution in [0.25, 0.3) is 10.9 Å². The fourth-order valence-electron chi connectivity index (χ4n) is 5.53. The summed E-state index contributed by atoms with van der Waals surface area (Å²) in [6, 6.07) is 13.2. The predicted octanol–water partition coefficient (Wildman–Crippen LogP) is 6.50. The first-order valence-corrected chi connectivity index (χ1v) is 11.8. The maximum absolute atomic E-state index is 4.17. The number of benzene rings is 1. The van der Waals surface area contributed by atoms with Gasteiger partial charge in [-0.05, 0) is 94.3 Å². The van der Waals surface area contributed by atoms with Gasteiger partial charge in [-0.3, -0.25) is 4.98 Å². The zero-order valence-electron chi connectivity index (χ0n) is 19.0. The molecule has 0 amide bonds. The smallest absolute Gasteiger partial charge is 0.0459 e. The molecule has 3 heteroatoms. The third-order valence-corrected chi connectivity index (χ3v) is 7.53. The molecule has 0 aliphatic heterocycles. The minimum Gasteiger partial charge on any atom is -0.358 e. The summed E-state index contributed by atoms with van der Waals surface area (Å²) in [5.41, 5.74) is 6.12. The Hall–Kier alpha value is -2.13. The molecule has 1 aliphatic rings. The summed E-state index contributed by atoms with van der Waals surface area (Å²) in [5.74, 6) is 0.652. The van der Waals surface area contributed by atoms with E-state index >= 15 is 0 Å². The molecule has 30 heavy (non-hydrogen) atoms. The number of fused-ring (bicyclic) bond motifs is 1. The highest BCUT2D eigenvalue weighted by Gasteiger charge is 2.37. The maximum atomic E-state index is 4.17. The Morgan fingerprint density at radius 1 is 1.03 bits per heavy atom. The zero-order chi connectivity index (χ0) is 21.0. The van der Waals surface area contributed by atoms with Crippen LogP contribution in [0.15, 0.2) is 48.8 Å². The van der Waals surface area contributed by atoms with Gasteiger partial charge >= 0.3 is 0 Å². The van der Waals surface area contributed by atoms with Crippen LogP contribution >= 0.6 is 0 Å². The lowest BCUT2D eigenvalue weighted by Gasteiger charge is -2.45. The van der Waals surface area contributed by atoms with Crippen molar-refractivity contribution in [1.82, 2.24) is 14.9 Å². The summed E-state index contributed by atoms with van der Waals surface area (Å²) >= 11 is 0. The average molecular weight is 404 g/mol. The van der Waals surface area contributed by atoms with Crippen molar-refractivity contribution < 1.29 is 0 Å². The van der Waals surface area contributed by atoms with E-state index in [1.807, 2.05) is 12.4 Å². The Bertz CT molecular complexity index is 933. The number of nitrogens with one attached hydrogen (secondary N) is 1. The number of unbranched alkanes of at least 4 members (excludes halogenated alkanes) is 1. The number of pyridine rings is 1. The van der Waals surface area contributed by atoms with Gasteiger partial charge in [0.2, 0.25) is 0 Å². The molecule has 0 atom stereocenters. The second-order valence-corrected chi connectivity index (χ2v) is 9.41. The lowest BCUT2D eigenvalue weighted by Crippen LogP contribution is -2.46. The summed E-state index contributed by atoms with van der Waals surface area (Å²) in [7, 11) is 4.58. The number of aromatic amines is 1. The van der Waals surface area contributed by atoms with Crippen molar-refractivity contribution in [3.05, 3.63) is 65.6 Å². The molecular weight excluding hydrogens is 366 g/mol. The standard InChI is InChI=1S/C27H37N3/c1-4-5-16-27(30(2)3)17-12-22(13-18-27)26-24(11-10-21-14-19-28-20-15-21)23-8-6-7-9-25(23)29-26/h6-9,14-15,19-20,22,29H,4-5,10-13,16-18H2,1-3H3. The zero-order valence-corrected chi connectivity index (χ0v) is 19.0. The first-order chi connectivity index (χ1) is 14.6. The van der Waals surface area contributed by atoms with E-state index in [-0.39, 0.29) is 0 Å². The van der Waals surface area contributed by atoms with E-state index in [1.54, 1.807) is 5.56 Å². The predicted molar refractivity (Wildman–Crippen MR) is 127 cm³/mol. The number of hydrogen-bond acceptors (Lipinski definition) is 2. The van der Waals surface area contributed by atoms with Crippen LogP contribution in [0.2, 0.25) is 0 Å². The average Bonchev–Trinajstić information content (AvgIpc) is 3.15. The van der Waals surface area contributed by atoms with Crippen molar-refractivity contribution >= 4 is 10.9 Å². The number of nitrogens with zero attached hydrogens (tertiary/aromatic N) is 2. The normalized spacial score (nSPS) is 22.1. The van der Waals surface area contributed by atoms with Crippen molar-refractivity contribution in [1.29, 1.82) is 0 Å². The number of hydrogen-bond donors (Lipinski definition) is 1. The molecule has 0 spiro atoms. The number of aromatic nitrogens is 2. The molecule has 1 N–H and O–H groups in total. The highest BCUT2D eigenvalue weighted by molar-refractivity contribution is 5.85. The van der Waals surface area contributed by atoms with Gasteiger partial charge in [-0.1, -0.05) is 38.0 Å². The Kier molecular flexibility index (Phi) is 6.58. The Morgan fingerprint density at radius 2 is 1.77 bits per heavy atom. The van der Waals surface area contributed by atoms with Gasteiger partial charge in [0.1, 0.15) is 0 Å². The van der Waals surface area contributed by atoms with Gasteiger partial charge in [0.05, 0.1) is 0 Å². The molecule has 0 unspecified atom stereocenters. The van der Waals surface area contributed by atoms with Crippen LogP contribution in [0.1, 0.15) is 74.6 Å². The second-order valence-electron chi connectivity index (χ2n) is 9.41. The van der Waals surface area contributed by atoms with E-state index in [9.17, 15) is 0 Å². The van der Waals surface area contributed by atoms with Crippen LogP contribution in [0.3, 0.4) is 0 Å². The third kappa shape index (κ3) is 4.32. The lowest BCUT2D eigenvalue weighted by atomic mass is 9.71. The molecule has 1 saturated carbocycles. The second kappa shape index (κ2) is 9.34. The van der Waals surface area contributed by atoms with E-state index in [0.29, 0.717) is 11.5 Å². The van der Waals surface area contributed by atoms with Crippen molar-refractivity contribution in [2.24, 2.45) is 0 Å². The molecular formula is C27H37N3. The van der Waals surface area contributed by atoms with E-state index in [2.05, 4.69) is 72.3 Å². The van der Waals surface area contributed by atoms with Gasteiger partial charge < -0.3 is 9.88 Å². The molecule has 0 bridgehead atoms. The fraction of sp³-hybridized carbons (Fsp3) is 0.519. The summed E-state index contributed by atoms with van der Waals surface area (Å²) in [6.45, 7) is 2.31. The van der Waals surface area contributed by atoms with Crippen molar-refractivity contribution in [3.63, 3.8) is 0 Å². The molecule has 0 radical (unpaired) electrons. The summed E-state index contributed by atoms with van der Waals surface area (Å²) < 4.78 is 0. The number of rotatable bonds is 8. The van der Waals surface area contributed by atoms with Gasteiger partial charge in [0.25, 0.3) is 0 Å². The fourth-order valence-corrected chi connectivity index (χ4v) is 5.53. The van der Waals surface area contributed by atoms with Crippen LogP contribution in [-0.4, -0.2) is 34.5 Å². The maximum Gasteiger partial charge on any atom is 0.0459 e. The molecule has 1 fully saturated rings. The van der Waals surface area contributed by atoms with Crippen LogP contribution in [0.5, 0.6) is 0 Å². The number of para-hydroxylation sites is 1. The molecule has 0 saturated heterocycles. The van der Waals surface area contributed by atoms with Gasteiger partial charge in [-0.15, -0.1) is 0 Å². The summed E-state index contributed by atoms with van der Waals surface area (Å²) in [5, 5.41) is 1.41. The molecule has 3 aromatic rings. The first-order valence-electron chi connectivity index (χ1n) is 11.8. The molecule has 2 aromatic heterocycles. The van der Waals surface area contributed by atoms with Crippen LogP contribution < -0.4 is 0 Å². The topological polar surface area (TPSA) is 31.9 Å². The van der Waals surface area contributed by atoms with Gasteiger partial charge in [-0.25, -0.2) is 0 Å². The summed E-state index contributed by atoms with van der Waals surface area (Å²) in [6.07, 6.45) is 15.1. The van der Waals surface area contributed by atoms with Crippen molar-refractivity contribution in [2.75, 3.05) is 14.1 Å². The monoisotopic (exact) mass is 403 g/mol. The lowest BCUT2D eigenvalue weighted by molar-refractivity contribution is 0.0802. The summed E-state index contributed by atoms with van der Waals surface area (Å²) in [4.78, 5) is 10.5. The van der Waals surface area contributed by atoms with Gasteiger partial charge in [0, 0.05) is 34.5 Å². The minimum absolute atomic E-state index is 0.399.